The fraction of sp³-hybridized carbons (Fsp3) is 0.400. The van der Waals surface area contributed by atoms with Crippen molar-refractivity contribution in [2.24, 2.45) is 0 Å². The van der Waals surface area contributed by atoms with Crippen LogP contribution >= 0.6 is 22.7 Å². The molecule has 0 saturated heterocycles. The summed E-state index contributed by atoms with van der Waals surface area (Å²) in [4.78, 5) is 13.5. The maximum atomic E-state index is 5.39. The number of aryl methyl sites for hydroxylation is 4. The van der Waals surface area contributed by atoms with Gasteiger partial charge in [-0.2, -0.15) is 0 Å². The van der Waals surface area contributed by atoms with Crippen molar-refractivity contribution in [3.8, 4) is 20.9 Å². The first kappa shape index (κ1) is 29.6. The number of unbranched alkanes of at least 4 members (excludes halogenated alkanes) is 6. The average molecular weight is 617 g/mol. The second kappa shape index (κ2) is 13.5. The summed E-state index contributed by atoms with van der Waals surface area (Å²) in [7, 11) is 0. The number of hydrogen-bond acceptors (Lipinski definition) is 4. The molecule has 1 aliphatic carbocycles. The fourth-order valence-corrected chi connectivity index (χ4v) is 8.84. The van der Waals surface area contributed by atoms with E-state index in [1.54, 1.807) is 0 Å². The van der Waals surface area contributed by atoms with Crippen molar-refractivity contribution in [2.45, 2.75) is 104 Å². The van der Waals surface area contributed by atoms with E-state index in [1.807, 2.05) is 22.7 Å². The van der Waals surface area contributed by atoms with Crippen LogP contribution in [0.5, 0.6) is 0 Å². The SMILES string of the molecule is CCCCCCc1csc(-c2ccc3c4ccc(-c5cc(CCCCCC)cs5)cc4c4nc5c(nc4c3c2)CCCC5)c1. The molecule has 3 heterocycles. The molecule has 0 aliphatic heterocycles. The highest BCUT2D eigenvalue weighted by Crippen LogP contribution is 2.40. The van der Waals surface area contributed by atoms with Crippen LogP contribution in [-0.2, 0) is 25.7 Å². The molecule has 0 saturated carbocycles. The van der Waals surface area contributed by atoms with Crippen LogP contribution < -0.4 is 0 Å². The monoisotopic (exact) mass is 616 g/mol. The third-order valence-electron chi connectivity index (χ3n) is 9.48. The van der Waals surface area contributed by atoms with Crippen molar-refractivity contribution < 1.29 is 0 Å². The van der Waals surface area contributed by atoms with Crippen molar-refractivity contribution in [2.75, 3.05) is 0 Å². The molecule has 3 aromatic heterocycles. The molecule has 7 rings (SSSR count). The molecule has 1 aliphatic rings. The first-order valence-corrected chi connectivity index (χ1v) is 18.8. The van der Waals surface area contributed by atoms with Gasteiger partial charge in [0.2, 0.25) is 0 Å². The Labute approximate surface area is 270 Å². The summed E-state index contributed by atoms with van der Waals surface area (Å²) in [6.45, 7) is 4.56. The van der Waals surface area contributed by atoms with Gasteiger partial charge in [-0.15, -0.1) is 22.7 Å². The maximum absolute atomic E-state index is 5.39. The highest BCUT2D eigenvalue weighted by Gasteiger charge is 2.19. The van der Waals surface area contributed by atoms with Crippen molar-refractivity contribution in [1.29, 1.82) is 0 Å². The van der Waals surface area contributed by atoms with Gasteiger partial charge in [-0.25, -0.2) is 9.97 Å². The second-order valence-corrected chi connectivity index (χ2v) is 14.6. The normalized spacial score (nSPS) is 13.3. The van der Waals surface area contributed by atoms with E-state index in [9.17, 15) is 0 Å². The summed E-state index contributed by atoms with van der Waals surface area (Å²) in [5.41, 5.74) is 10.1. The molecule has 0 spiro atoms. The minimum atomic E-state index is 1.04. The standard InChI is InChI=1S/C40H44N2S2/c1-3-5-7-9-13-27-21-37(43-25-27)29-17-19-31-32-20-18-30(38-22-28(26-44-38)14-10-8-6-4-2)24-34(32)40-39(33(31)23-29)41-35-15-11-12-16-36(35)42-40/h17-26H,3-16H2,1-2H3. The Morgan fingerprint density at radius 2 is 1.02 bits per heavy atom. The summed E-state index contributed by atoms with van der Waals surface area (Å²) in [6, 6.07) is 19.0. The quantitative estimate of drug-likeness (QED) is 0.101. The van der Waals surface area contributed by atoms with Gasteiger partial charge in [-0.05, 0) is 119 Å². The Hall–Kier alpha value is -3.08. The second-order valence-electron chi connectivity index (χ2n) is 12.8. The van der Waals surface area contributed by atoms with E-state index in [0.29, 0.717) is 0 Å². The molecule has 2 nitrogen and oxygen atoms in total. The van der Waals surface area contributed by atoms with E-state index in [2.05, 4.69) is 73.1 Å². The van der Waals surface area contributed by atoms with Crippen molar-refractivity contribution in [3.05, 3.63) is 81.8 Å². The van der Waals surface area contributed by atoms with Crippen LogP contribution in [0.1, 0.15) is 101 Å². The van der Waals surface area contributed by atoms with Crippen LogP contribution in [0.3, 0.4) is 0 Å². The zero-order valence-electron chi connectivity index (χ0n) is 26.4. The third kappa shape index (κ3) is 6.08. The Bertz CT molecular complexity index is 1770. The molecule has 0 radical (unpaired) electrons. The number of hydrogen-bond donors (Lipinski definition) is 0. The lowest BCUT2D eigenvalue weighted by Gasteiger charge is -2.17. The van der Waals surface area contributed by atoms with Gasteiger partial charge in [-0.1, -0.05) is 76.6 Å². The Kier molecular flexibility index (Phi) is 9.09. The molecule has 44 heavy (non-hydrogen) atoms. The maximum Gasteiger partial charge on any atom is 0.0975 e. The Morgan fingerprint density at radius 3 is 1.48 bits per heavy atom. The van der Waals surface area contributed by atoms with Gasteiger partial charge in [0.15, 0.2) is 0 Å². The van der Waals surface area contributed by atoms with E-state index in [-0.39, 0.29) is 0 Å². The zero-order chi connectivity index (χ0) is 29.9. The predicted molar refractivity (Wildman–Crippen MR) is 194 cm³/mol. The predicted octanol–water partition coefficient (Wildman–Crippen LogP) is 12.5. The highest BCUT2D eigenvalue weighted by atomic mass is 32.1. The third-order valence-corrected chi connectivity index (χ3v) is 11.5. The lowest BCUT2D eigenvalue weighted by molar-refractivity contribution is 0.655. The number of nitrogens with zero attached hydrogens (tertiary/aromatic N) is 2. The minimum Gasteiger partial charge on any atom is -0.249 e. The van der Waals surface area contributed by atoms with E-state index in [4.69, 9.17) is 9.97 Å². The molecule has 0 unspecified atom stereocenters. The van der Waals surface area contributed by atoms with Crippen molar-refractivity contribution in [1.82, 2.24) is 9.97 Å². The van der Waals surface area contributed by atoms with E-state index in [0.717, 1.165) is 23.9 Å². The number of thiophene rings is 2. The lowest BCUT2D eigenvalue weighted by Crippen LogP contribution is -2.08. The molecule has 0 amide bonds. The van der Waals surface area contributed by atoms with Gasteiger partial charge in [0, 0.05) is 20.5 Å². The first-order valence-electron chi connectivity index (χ1n) is 17.1. The van der Waals surface area contributed by atoms with Gasteiger partial charge in [-0.3, -0.25) is 0 Å². The fourth-order valence-electron chi connectivity index (χ4n) is 6.95. The number of benzene rings is 3. The summed E-state index contributed by atoms with van der Waals surface area (Å²) >= 11 is 3.76. The van der Waals surface area contributed by atoms with Crippen molar-refractivity contribution >= 4 is 55.3 Å². The minimum absolute atomic E-state index is 1.04. The van der Waals surface area contributed by atoms with Crippen LogP contribution in [-0.4, -0.2) is 9.97 Å². The molecule has 0 bridgehead atoms. The van der Waals surface area contributed by atoms with Gasteiger partial charge in [0.05, 0.1) is 22.4 Å². The van der Waals surface area contributed by atoms with Crippen LogP contribution in [0.25, 0.3) is 53.5 Å². The summed E-state index contributed by atoms with van der Waals surface area (Å²) in [5.74, 6) is 0. The highest BCUT2D eigenvalue weighted by molar-refractivity contribution is 7.14. The molecular formula is C40H44N2S2. The molecule has 0 fully saturated rings. The number of fused-ring (bicyclic) bond motifs is 7. The molecule has 3 aromatic carbocycles. The summed E-state index contributed by atoms with van der Waals surface area (Å²) < 4.78 is 0. The van der Waals surface area contributed by atoms with Gasteiger partial charge < -0.3 is 0 Å². The first-order chi connectivity index (χ1) is 21.7. The van der Waals surface area contributed by atoms with Crippen LogP contribution in [0.2, 0.25) is 0 Å². The number of aromatic nitrogens is 2. The smallest absolute Gasteiger partial charge is 0.0975 e. The molecule has 6 aromatic rings. The molecule has 0 atom stereocenters. The molecule has 226 valence electrons. The van der Waals surface area contributed by atoms with Crippen LogP contribution in [0, 0.1) is 0 Å². The molecule has 0 N–H and O–H groups in total. The van der Waals surface area contributed by atoms with E-state index < -0.39 is 0 Å². The Balaban J connectivity index is 1.30. The summed E-state index contributed by atoms with van der Waals surface area (Å²) in [5, 5.41) is 9.77. The van der Waals surface area contributed by atoms with E-state index in [1.165, 1.54) is 142 Å². The average Bonchev–Trinajstić information content (AvgIpc) is 3.74. The van der Waals surface area contributed by atoms with Gasteiger partial charge in [0.1, 0.15) is 0 Å². The zero-order valence-corrected chi connectivity index (χ0v) is 28.0. The van der Waals surface area contributed by atoms with Crippen molar-refractivity contribution in [3.63, 3.8) is 0 Å². The van der Waals surface area contributed by atoms with Crippen LogP contribution in [0.15, 0.2) is 59.3 Å². The van der Waals surface area contributed by atoms with Crippen LogP contribution in [0.4, 0.5) is 0 Å². The van der Waals surface area contributed by atoms with E-state index >= 15 is 0 Å². The summed E-state index contributed by atoms with van der Waals surface area (Å²) in [6.07, 6.45) is 17.3. The van der Waals surface area contributed by atoms with Gasteiger partial charge in [0.25, 0.3) is 0 Å². The molecular weight excluding hydrogens is 573 g/mol. The van der Waals surface area contributed by atoms with Gasteiger partial charge >= 0.3 is 0 Å². The molecule has 4 heteroatoms. The lowest BCUT2D eigenvalue weighted by atomic mass is 9.94. The Morgan fingerprint density at radius 1 is 0.545 bits per heavy atom. The number of rotatable bonds is 12. The topological polar surface area (TPSA) is 25.8 Å². The largest absolute Gasteiger partial charge is 0.249 e.